The number of rotatable bonds is 23. The minimum absolute atomic E-state index is 0.0492. The van der Waals surface area contributed by atoms with E-state index < -0.39 is 0 Å². The van der Waals surface area contributed by atoms with Gasteiger partial charge in [0.25, 0.3) is 0 Å². The second-order valence-corrected chi connectivity index (χ2v) is 26.1. The van der Waals surface area contributed by atoms with E-state index in [1.165, 1.54) is 0 Å². The van der Waals surface area contributed by atoms with E-state index in [0.29, 0.717) is 36.9 Å². The van der Waals surface area contributed by atoms with Gasteiger partial charge in [-0.2, -0.15) is 29.9 Å². The first kappa shape index (κ1) is 54.8. The Labute approximate surface area is 402 Å². The molecule has 14 nitrogen and oxygen atoms in total. The lowest BCUT2D eigenvalue weighted by Crippen LogP contribution is -2.62. The average molecular weight is 917 g/mol. The molecule has 2 aliphatic rings. The maximum Gasteiger partial charge on any atom is 0.232 e. The van der Waals surface area contributed by atoms with Crippen LogP contribution in [0.4, 0.5) is 35.7 Å². The molecule has 2 fully saturated rings. The number of anilines is 6. The van der Waals surface area contributed by atoms with Crippen molar-refractivity contribution >= 4 is 35.7 Å². The van der Waals surface area contributed by atoms with Crippen molar-refractivity contribution in [2.24, 2.45) is 10.8 Å². The molecule has 0 aliphatic carbocycles. The predicted molar refractivity (Wildman–Crippen MR) is 282 cm³/mol. The van der Waals surface area contributed by atoms with Crippen molar-refractivity contribution in [3.05, 3.63) is 25.3 Å². The van der Waals surface area contributed by atoms with Crippen LogP contribution in [0.1, 0.15) is 189 Å². The third-order valence-corrected chi connectivity index (χ3v) is 12.2. The fourth-order valence-corrected chi connectivity index (χ4v) is 11.7. The number of nitrogens with one attached hydrogen (secondary N) is 6. The number of piperidine rings is 2. The first-order valence-electron chi connectivity index (χ1n) is 25.1. The van der Waals surface area contributed by atoms with E-state index in [2.05, 4.69) is 179 Å². The lowest BCUT2D eigenvalue weighted by molar-refractivity contribution is 0.156. The Morgan fingerprint density at radius 3 is 1.09 bits per heavy atom. The molecule has 2 aromatic heterocycles. The Morgan fingerprint density at radius 1 is 0.500 bits per heavy atom. The molecule has 2 aliphatic heterocycles. The van der Waals surface area contributed by atoms with Crippen LogP contribution in [0.3, 0.4) is 0 Å². The van der Waals surface area contributed by atoms with Gasteiger partial charge >= 0.3 is 0 Å². The van der Waals surface area contributed by atoms with Gasteiger partial charge in [-0.1, -0.05) is 66.5 Å². The Balaban J connectivity index is 1.63. The summed E-state index contributed by atoms with van der Waals surface area (Å²) in [6.45, 7) is 51.8. The van der Waals surface area contributed by atoms with Crippen LogP contribution in [0.25, 0.3) is 0 Å². The minimum atomic E-state index is -0.227. The van der Waals surface area contributed by atoms with Gasteiger partial charge in [-0.15, -0.1) is 13.2 Å². The summed E-state index contributed by atoms with van der Waals surface area (Å²) in [5, 5.41) is 22.0. The van der Waals surface area contributed by atoms with Crippen LogP contribution in [0.2, 0.25) is 0 Å². The summed E-state index contributed by atoms with van der Waals surface area (Å²) in [7, 11) is 0. The molecule has 6 N–H and O–H groups in total. The van der Waals surface area contributed by atoms with Crippen molar-refractivity contribution in [1.29, 1.82) is 0 Å². The molecule has 4 heterocycles. The number of hydrogen-bond acceptors (Lipinski definition) is 14. The monoisotopic (exact) mass is 917 g/mol. The van der Waals surface area contributed by atoms with Gasteiger partial charge in [-0.25, -0.2) is 0 Å². The summed E-state index contributed by atoms with van der Waals surface area (Å²) in [6.07, 6.45) is 13.7. The van der Waals surface area contributed by atoms with Gasteiger partial charge in [0.2, 0.25) is 35.7 Å². The molecular formula is C52H96N14. The number of hydrogen-bond donors (Lipinski definition) is 6. The zero-order chi connectivity index (χ0) is 49.6. The second kappa shape index (κ2) is 21.2. The number of nitrogens with zero attached hydrogens (tertiary/aromatic N) is 8. The van der Waals surface area contributed by atoms with Crippen LogP contribution in [-0.4, -0.2) is 101 Å². The lowest BCUT2D eigenvalue weighted by Gasteiger charge is -2.50. The van der Waals surface area contributed by atoms with E-state index in [0.717, 1.165) is 89.2 Å². The lowest BCUT2D eigenvalue weighted by atomic mass is 9.79. The van der Waals surface area contributed by atoms with E-state index in [1.54, 1.807) is 0 Å². The maximum absolute atomic E-state index is 5.21. The summed E-state index contributed by atoms with van der Waals surface area (Å²) in [4.78, 5) is 35.3. The van der Waals surface area contributed by atoms with Gasteiger partial charge in [0.05, 0.1) is 0 Å². The topological polar surface area (TPSA) is 156 Å². The molecule has 2 saturated heterocycles. The second-order valence-electron chi connectivity index (χ2n) is 26.1. The van der Waals surface area contributed by atoms with E-state index in [9.17, 15) is 0 Å². The SMILES string of the molecule is C=CCNc1nc(NC(C)(C)CC(C)(C)C)nc(N(CCCCCCN(c2nc(NCC=C)nc(NC(C)(C)CC(C)(C)C)n2)C2CC(C)(C)NC(C)(C)C2)C2CC(C)(C)NC(C)(C)C2)n1. The Morgan fingerprint density at radius 2 is 0.803 bits per heavy atom. The predicted octanol–water partition coefficient (Wildman–Crippen LogP) is 11.0. The summed E-state index contributed by atoms with van der Waals surface area (Å²) in [5.41, 5.74) is -0.387. The van der Waals surface area contributed by atoms with Crippen LogP contribution < -0.4 is 41.7 Å². The van der Waals surface area contributed by atoms with Crippen molar-refractivity contribution < 1.29 is 0 Å². The van der Waals surface area contributed by atoms with Gasteiger partial charge in [0.1, 0.15) is 0 Å². The fourth-order valence-electron chi connectivity index (χ4n) is 11.7. The molecule has 66 heavy (non-hydrogen) atoms. The molecule has 0 atom stereocenters. The normalized spacial score (nSPS) is 18.9. The third kappa shape index (κ3) is 18.4. The standard InChI is InChI=1S/C52H96N14/c1-21-27-53-39-55-41(61-51(17,18)35-45(3,4)5)59-43(57-39)65(37-31-47(9,10)63-48(11,12)32-37)29-25-23-24-26-30-66(38-33-49(13,14)64-50(15,16)34-38)44-58-40(54-28-22-2)56-42(60-44)62-52(19,20)36-46(6,7)8/h21-22,37-38,63-64H,1-2,23-36H2,3-20H3,(H2,53,55,57,59,61)(H2,54,56,58,60,62). The average Bonchev–Trinajstić information content (AvgIpc) is 3.09. The van der Waals surface area contributed by atoms with Crippen molar-refractivity contribution in [3.8, 4) is 0 Å². The van der Waals surface area contributed by atoms with E-state index in [4.69, 9.17) is 29.9 Å². The minimum Gasteiger partial charge on any atom is -0.351 e. The molecule has 0 amide bonds. The Bertz CT molecular complexity index is 1720. The Hall–Kier alpha value is -3.78. The highest BCUT2D eigenvalue weighted by Gasteiger charge is 2.42. The number of unbranched alkanes of at least 4 members (excludes halogenated alkanes) is 3. The van der Waals surface area contributed by atoms with E-state index in [1.807, 2.05) is 12.2 Å². The molecular weight excluding hydrogens is 821 g/mol. The molecule has 0 unspecified atom stereocenters. The molecule has 374 valence electrons. The van der Waals surface area contributed by atoms with Gasteiger partial charge in [-0.3, -0.25) is 0 Å². The van der Waals surface area contributed by atoms with E-state index >= 15 is 0 Å². The molecule has 4 rings (SSSR count). The van der Waals surface area contributed by atoms with Crippen molar-refractivity contribution in [3.63, 3.8) is 0 Å². The van der Waals surface area contributed by atoms with Gasteiger partial charge in [-0.05, 0) is 145 Å². The molecule has 2 aromatic rings. The highest BCUT2D eigenvalue weighted by Crippen LogP contribution is 2.37. The summed E-state index contributed by atoms with van der Waals surface area (Å²) < 4.78 is 0. The molecule has 0 bridgehead atoms. The van der Waals surface area contributed by atoms with Crippen LogP contribution in [0, 0.1) is 10.8 Å². The third-order valence-electron chi connectivity index (χ3n) is 12.2. The maximum atomic E-state index is 5.21. The highest BCUT2D eigenvalue weighted by molar-refractivity contribution is 5.48. The van der Waals surface area contributed by atoms with Gasteiger partial charge in [0, 0.05) is 71.5 Å². The van der Waals surface area contributed by atoms with Gasteiger partial charge < -0.3 is 41.7 Å². The highest BCUT2D eigenvalue weighted by atomic mass is 15.4. The largest absolute Gasteiger partial charge is 0.351 e. The quantitative estimate of drug-likeness (QED) is 0.0462. The molecule has 0 spiro atoms. The van der Waals surface area contributed by atoms with Crippen LogP contribution >= 0.6 is 0 Å². The zero-order valence-electron chi connectivity index (χ0n) is 45.2. The summed E-state index contributed by atoms with van der Waals surface area (Å²) >= 11 is 0. The zero-order valence-corrected chi connectivity index (χ0v) is 45.2. The van der Waals surface area contributed by atoms with E-state index in [-0.39, 0.29) is 56.1 Å². The van der Waals surface area contributed by atoms with Crippen LogP contribution in [-0.2, 0) is 0 Å². The van der Waals surface area contributed by atoms with Crippen LogP contribution in [0.15, 0.2) is 25.3 Å². The molecule has 0 radical (unpaired) electrons. The van der Waals surface area contributed by atoms with Crippen molar-refractivity contribution in [2.45, 2.75) is 234 Å². The van der Waals surface area contributed by atoms with Crippen molar-refractivity contribution in [2.75, 3.05) is 57.2 Å². The van der Waals surface area contributed by atoms with Crippen LogP contribution in [0.5, 0.6) is 0 Å². The first-order chi connectivity index (χ1) is 30.2. The fraction of sp³-hybridized carbons (Fsp3) is 0.808. The Kier molecular flexibility index (Phi) is 17.6. The molecule has 14 heteroatoms. The van der Waals surface area contributed by atoms with Gasteiger partial charge in [0.15, 0.2) is 0 Å². The summed E-state index contributed by atoms with van der Waals surface area (Å²) in [6, 6.07) is 0.486. The smallest absolute Gasteiger partial charge is 0.232 e. The first-order valence-corrected chi connectivity index (χ1v) is 25.1. The summed E-state index contributed by atoms with van der Waals surface area (Å²) in [5.74, 6) is 3.76. The molecule has 0 saturated carbocycles. The van der Waals surface area contributed by atoms with Crippen molar-refractivity contribution in [1.82, 2.24) is 40.5 Å². The number of aromatic nitrogens is 6. The molecule has 0 aromatic carbocycles.